The van der Waals surface area contributed by atoms with Gasteiger partial charge < -0.3 is 0 Å². The van der Waals surface area contributed by atoms with Crippen LogP contribution < -0.4 is 0 Å². The van der Waals surface area contributed by atoms with Crippen molar-refractivity contribution in [3.05, 3.63) is 0 Å². The Kier molecular flexibility index (Phi) is 2.73. The summed E-state index contributed by atoms with van der Waals surface area (Å²) in [5, 5.41) is 0. The number of aliphatic imine (C=N–C) groups is 2. The highest BCUT2D eigenvalue weighted by molar-refractivity contribution is 5.36. The molecule has 18 heavy (non-hydrogen) atoms. The van der Waals surface area contributed by atoms with Gasteiger partial charge in [-0.2, -0.15) is 0 Å². The van der Waals surface area contributed by atoms with E-state index in [2.05, 4.69) is 16.9 Å². The first-order valence-electron chi connectivity index (χ1n) is 6.90. The van der Waals surface area contributed by atoms with Gasteiger partial charge in [-0.1, -0.05) is 6.92 Å². The Morgan fingerprint density at radius 1 is 1.22 bits per heavy atom. The molecule has 3 saturated carbocycles. The molecule has 3 aliphatic rings. The quantitative estimate of drug-likeness (QED) is 0.566. The number of carbonyl (C=O) groups excluding carboxylic acids is 2. The maximum atomic E-state index is 10.6. The first kappa shape index (κ1) is 11.8. The van der Waals surface area contributed by atoms with Crippen LogP contribution >= 0.6 is 0 Å². The van der Waals surface area contributed by atoms with Crippen LogP contribution in [0.5, 0.6) is 0 Å². The van der Waals surface area contributed by atoms with Gasteiger partial charge in [0.05, 0.1) is 12.1 Å². The highest BCUT2D eigenvalue weighted by Gasteiger charge is 2.65. The summed E-state index contributed by atoms with van der Waals surface area (Å²) in [5.74, 6) is 1.79. The monoisotopic (exact) mass is 246 g/mol. The number of hydrogen-bond donors (Lipinski definition) is 0. The molecule has 0 N–H and O–H groups in total. The second-order valence-electron chi connectivity index (χ2n) is 6.08. The van der Waals surface area contributed by atoms with Gasteiger partial charge in [-0.25, -0.2) is 19.6 Å². The Labute approximate surface area is 107 Å². The van der Waals surface area contributed by atoms with Crippen LogP contribution in [-0.4, -0.2) is 24.2 Å². The molecule has 96 valence electrons. The molecule has 0 aliphatic heterocycles. The molecule has 0 saturated heterocycles. The molecule has 0 aromatic heterocycles. The lowest BCUT2D eigenvalue weighted by atomic mass is 9.66. The zero-order valence-electron chi connectivity index (χ0n) is 10.6. The lowest BCUT2D eigenvalue weighted by molar-refractivity contribution is 0.110. The van der Waals surface area contributed by atoms with E-state index in [1.807, 2.05) is 0 Å². The van der Waals surface area contributed by atoms with Gasteiger partial charge in [0.2, 0.25) is 12.2 Å². The van der Waals surface area contributed by atoms with Crippen molar-refractivity contribution >= 4 is 12.2 Å². The average molecular weight is 246 g/mol. The summed E-state index contributed by atoms with van der Waals surface area (Å²) in [6, 6.07) is 0.218. The van der Waals surface area contributed by atoms with Crippen molar-refractivity contribution in [1.82, 2.24) is 0 Å². The largest absolute Gasteiger partial charge is 0.235 e. The van der Waals surface area contributed by atoms with Gasteiger partial charge in [0.1, 0.15) is 0 Å². The zero-order valence-corrected chi connectivity index (χ0v) is 10.6. The Morgan fingerprint density at radius 2 is 2.00 bits per heavy atom. The molecule has 0 heterocycles. The molecule has 4 heteroatoms. The van der Waals surface area contributed by atoms with Crippen LogP contribution in [-0.2, 0) is 9.59 Å². The molecule has 0 aromatic rings. The van der Waals surface area contributed by atoms with E-state index in [1.54, 1.807) is 12.2 Å². The van der Waals surface area contributed by atoms with Crippen LogP contribution in [0.2, 0.25) is 0 Å². The number of nitrogens with zero attached hydrogens (tertiary/aromatic N) is 2. The van der Waals surface area contributed by atoms with E-state index in [4.69, 9.17) is 0 Å². The standard InChI is InChI=1S/C14H18N2O2/c1-2-14-6-9(5-12(14)16-8-18)10-3-4-11(13(10)14)15-7-17/h9-13H,2-6H2,1H3. The fourth-order valence-corrected chi connectivity index (χ4v) is 5.33. The van der Waals surface area contributed by atoms with Gasteiger partial charge in [0.15, 0.2) is 0 Å². The second kappa shape index (κ2) is 4.15. The van der Waals surface area contributed by atoms with E-state index in [0.29, 0.717) is 17.8 Å². The van der Waals surface area contributed by atoms with E-state index in [-0.39, 0.29) is 17.5 Å². The van der Waals surface area contributed by atoms with Gasteiger partial charge in [0.25, 0.3) is 0 Å². The summed E-state index contributed by atoms with van der Waals surface area (Å²) in [7, 11) is 0. The molecule has 0 aromatic carbocycles. The minimum atomic E-state index is 0.0915. The first-order chi connectivity index (χ1) is 8.76. The molecule has 0 radical (unpaired) electrons. The van der Waals surface area contributed by atoms with E-state index in [9.17, 15) is 9.59 Å². The van der Waals surface area contributed by atoms with Crippen LogP contribution in [0.1, 0.15) is 39.0 Å². The lowest BCUT2D eigenvalue weighted by Crippen LogP contribution is -2.42. The predicted molar refractivity (Wildman–Crippen MR) is 65.5 cm³/mol. The number of rotatable bonds is 3. The Hall–Kier alpha value is -1.24. The molecule has 2 bridgehead atoms. The smallest absolute Gasteiger partial charge is 0.211 e. The van der Waals surface area contributed by atoms with Crippen molar-refractivity contribution in [1.29, 1.82) is 0 Å². The fraction of sp³-hybridized carbons (Fsp3) is 0.857. The minimum absolute atomic E-state index is 0.0915. The Balaban J connectivity index is 2.00. The van der Waals surface area contributed by atoms with E-state index in [1.165, 1.54) is 6.42 Å². The zero-order chi connectivity index (χ0) is 12.8. The van der Waals surface area contributed by atoms with Crippen molar-refractivity contribution in [2.45, 2.75) is 51.1 Å². The fourth-order valence-electron chi connectivity index (χ4n) is 5.33. The molecule has 3 rings (SSSR count). The summed E-state index contributed by atoms with van der Waals surface area (Å²) in [4.78, 5) is 29.3. The SMILES string of the molecule is CCC12CC(CC1N=C=O)C1CCC(N=C=O)C12. The summed E-state index contributed by atoms with van der Waals surface area (Å²) < 4.78 is 0. The topological polar surface area (TPSA) is 58.9 Å². The third-order valence-corrected chi connectivity index (χ3v) is 5.86. The highest BCUT2D eigenvalue weighted by Crippen LogP contribution is 2.68. The van der Waals surface area contributed by atoms with Gasteiger partial charge in [0, 0.05) is 0 Å². The third-order valence-electron chi connectivity index (χ3n) is 5.86. The number of isocyanates is 2. The van der Waals surface area contributed by atoms with Crippen molar-refractivity contribution in [2.24, 2.45) is 33.2 Å². The van der Waals surface area contributed by atoms with E-state index < -0.39 is 0 Å². The summed E-state index contributed by atoms with van der Waals surface area (Å²) in [6.45, 7) is 2.18. The number of hydrogen-bond acceptors (Lipinski definition) is 4. The second-order valence-corrected chi connectivity index (χ2v) is 6.08. The van der Waals surface area contributed by atoms with Gasteiger partial charge in [-0.3, -0.25) is 0 Å². The van der Waals surface area contributed by atoms with E-state index >= 15 is 0 Å². The summed E-state index contributed by atoms with van der Waals surface area (Å²) in [6.07, 6.45) is 8.86. The maximum absolute atomic E-state index is 10.6. The highest BCUT2D eigenvalue weighted by atomic mass is 16.1. The summed E-state index contributed by atoms with van der Waals surface area (Å²) >= 11 is 0. The van der Waals surface area contributed by atoms with E-state index in [0.717, 1.165) is 25.7 Å². The average Bonchev–Trinajstić information content (AvgIpc) is 3.00. The maximum Gasteiger partial charge on any atom is 0.235 e. The molecule has 6 unspecified atom stereocenters. The summed E-state index contributed by atoms with van der Waals surface area (Å²) in [5.41, 5.74) is 0.0915. The van der Waals surface area contributed by atoms with Gasteiger partial charge >= 0.3 is 0 Å². The molecule has 4 nitrogen and oxygen atoms in total. The molecule has 3 fully saturated rings. The molecule has 0 amide bonds. The Bertz CT molecular complexity index is 451. The number of fused-ring (bicyclic) bond motifs is 5. The van der Waals surface area contributed by atoms with Crippen LogP contribution in [0, 0.1) is 23.2 Å². The third kappa shape index (κ3) is 1.33. The Morgan fingerprint density at radius 3 is 2.67 bits per heavy atom. The lowest BCUT2D eigenvalue weighted by Gasteiger charge is -2.40. The molecule has 6 atom stereocenters. The molecule has 0 spiro atoms. The van der Waals surface area contributed by atoms with Crippen molar-refractivity contribution in [2.75, 3.05) is 0 Å². The van der Waals surface area contributed by atoms with Crippen molar-refractivity contribution < 1.29 is 9.59 Å². The van der Waals surface area contributed by atoms with Crippen LogP contribution in [0.15, 0.2) is 9.98 Å². The predicted octanol–water partition coefficient (Wildman–Crippen LogP) is 2.24. The molecule has 3 aliphatic carbocycles. The minimum Gasteiger partial charge on any atom is -0.211 e. The first-order valence-corrected chi connectivity index (χ1v) is 6.90. The van der Waals surface area contributed by atoms with Crippen LogP contribution in [0.25, 0.3) is 0 Å². The normalized spacial score (nSPS) is 48.4. The van der Waals surface area contributed by atoms with Gasteiger partial charge in [-0.15, -0.1) is 0 Å². The van der Waals surface area contributed by atoms with Crippen LogP contribution in [0.3, 0.4) is 0 Å². The molecular weight excluding hydrogens is 228 g/mol. The van der Waals surface area contributed by atoms with Crippen molar-refractivity contribution in [3.8, 4) is 0 Å². The van der Waals surface area contributed by atoms with Crippen LogP contribution in [0.4, 0.5) is 0 Å². The van der Waals surface area contributed by atoms with Crippen molar-refractivity contribution in [3.63, 3.8) is 0 Å². The van der Waals surface area contributed by atoms with Gasteiger partial charge in [-0.05, 0) is 55.3 Å². The molecular formula is C14H18N2O2.